The first-order valence-electron chi connectivity index (χ1n) is 11.3. The highest BCUT2D eigenvalue weighted by atomic mass is 16.5. The van der Waals surface area contributed by atoms with Gasteiger partial charge in [0.25, 0.3) is 5.91 Å². The van der Waals surface area contributed by atoms with E-state index in [1.165, 1.54) is 0 Å². The fraction of sp³-hybridized carbons (Fsp3) is 0.462. The van der Waals surface area contributed by atoms with Gasteiger partial charge in [-0.2, -0.15) is 0 Å². The molecule has 1 N–H and O–H groups in total. The first kappa shape index (κ1) is 22.9. The maximum Gasteiger partial charge on any atom is 0.261 e. The van der Waals surface area contributed by atoms with Crippen molar-refractivity contribution in [2.45, 2.75) is 71.5 Å². The Hall–Kier alpha value is -2.82. The number of rotatable bonds is 9. The van der Waals surface area contributed by atoms with Crippen molar-refractivity contribution in [1.29, 1.82) is 0 Å². The van der Waals surface area contributed by atoms with Crippen LogP contribution in [0.5, 0.6) is 5.75 Å². The number of amides is 2. The van der Waals surface area contributed by atoms with E-state index in [2.05, 4.69) is 5.32 Å². The smallest absolute Gasteiger partial charge is 0.261 e. The first-order valence-corrected chi connectivity index (χ1v) is 11.3. The molecule has 1 saturated carbocycles. The number of carbonyl (C=O) groups excluding carboxylic acids is 2. The quantitative estimate of drug-likeness (QED) is 0.645. The summed E-state index contributed by atoms with van der Waals surface area (Å²) in [6, 6.07) is 15.3. The summed E-state index contributed by atoms with van der Waals surface area (Å²) in [5.41, 5.74) is 3.22. The first-order chi connectivity index (χ1) is 15.0. The van der Waals surface area contributed by atoms with Gasteiger partial charge in [-0.3, -0.25) is 9.59 Å². The molecule has 0 aliphatic heterocycles. The van der Waals surface area contributed by atoms with Crippen molar-refractivity contribution in [3.8, 4) is 5.75 Å². The van der Waals surface area contributed by atoms with E-state index in [9.17, 15) is 9.59 Å². The minimum absolute atomic E-state index is 0.0631. The zero-order valence-corrected chi connectivity index (χ0v) is 18.9. The number of aryl methyl sites for hydroxylation is 2. The molecule has 1 aliphatic rings. The normalized spacial score (nSPS) is 14.8. The van der Waals surface area contributed by atoms with Crippen LogP contribution in [0, 0.1) is 13.8 Å². The molecule has 1 atom stereocenters. The molecule has 1 aliphatic carbocycles. The van der Waals surface area contributed by atoms with Gasteiger partial charge in [-0.25, -0.2) is 0 Å². The fourth-order valence-corrected chi connectivity index (χ4v) is 4.19. The fourth-order valence-electron chi connectivity index (χ4n) is 4.19. The van der Waals surface area contributed by atoms with Crippen molar-refractivity contribution in [1.82, 2.24) is 10.2 Å². The predicted octanol–water partition coefficient (Wildman–Crippen LogP) is 4.55. The molecule has 166 valence electrons. The maximum atomic E-state index is 13.3. The molecule has 0 heterocycles. The van der Waals surface area contributed by atoms with Gasteiger partial charge in [0.1, 0.15) is 11.8 Å². The molecule has 0 spiro atoms. The van der Waals surface area contributed by atoms with Crippen LogP contribution in [0.15, 0.2) is 48.5 Å². The Bertz CT molecular complexity index is 890. The van der Waals surface area contributed by atoms with Gasteiger partial charge in [-0.15, -0.1) is 0 Å². The molecule has 2 aromatic carbocycles. The van der Waals surface area contributed by atoms with Crippen LogP contribution in [-0.4, -0.2) is 35.4 Å². The number of hydrogen-bond acceptors (Lipinski definition) is 3. The maximum absolute atomic E-state index is 13.3. The van der Waals surface area contributed by atoms with Crippen LogP contribution in [0.4, 0.5) is 0 Å². The Kier molecular flexibility index (Phi) is 8.10. The lowest BCUT2D eigenvalue weighted by molar-refractivity contribution is -0.143. The van der Waals surface area contributed by atoms with Gasteiger partial charge < -0.3 is 15.0 Å². The second kappa shape index (κ2) is 11.0. The van der Waals surface area contributed by atoms with Gasteiger partial charge in [0.05, 0.1) is 0 Å². The molecular weight excluding hydrogens is 388 g/mol. The van der Waals surface area contributed by atoms with Crippen molar-refractivity contribution in [2.24, 2.45) is 0 Å². The number of ether oxygens (including phenoxy) is 1. The lowest BCUT2D eigenvalue weighted by Gasteiger charge is -2.32. The summed E-state index contributed by atoms with van der Waals surface area (Å²) in [5.74, 6) is 0.415. The van der Waals surface area contributed by atoms with E-state index in [4.69, 9.17) is 4.74 Å². The van der Waals surface area contributed by atoms with Gasteiger partial charge in [-0.1, -0.05) is 56.2 Å². The number of nitrogens with zero attached hydrogens (tertiary/aromatic N) is 1. The van der Waals surface area contributed by atoms with Crippen molar-refractivity contribution < 1.29 is 14.3 Å². The molecule has 0 radical (unpaired) electrons. The molecule has 2 amide bonds. The summed E-state index contributed by atoms with van der Waals surface area (Å²) >= 11 is 0. The minimum Gasteiger partial charge on any atom is -0.484 e. The van der Waals surface area contributed by atoms with Gasteiger partial charge >= 0.3 is 0 Å². The molecule has 3 rings (SSSR count). The monoisotopic (exact) mass is 422 g/mol. The molecule has 2 aromatic rings. The highest BCUT2D eigenvalue weighted by molar-refractivity contribution is 5.88. The van der Waals surface area contributed by atoms with Crippen LogP contribution in [0.2, 0.25) is 0 Å². The van der Waals surface area contributed by atoms with Crippen LogP contribution in [-0.2, 0) is 16.1 Å². The molecule has 0 bridgehead atoms. The van der Waals surface area contributed by atoms with Gasteiger partial charge in [-0.05, 0) is 61.9 Å². The van der Waals surface area contributed by atoms with E-state index in [1.807, 2.05) is 69.3 Å². The molecule has 5 nitrogen and oxygen atoms in total. The third-order valence-electron chi connectivity index (χ3n) is 6.04. The topological polar surface area (TPSA) is 58.6 Å². The number of hydrogen-bond donors (Lipinski definition) is 1. The standard InChI is InChI=1S/C26H34N2O3/c1-4-24(26(30)27-22-13-7-8-14-22)28(17-21-12-6-5-11-20(21)3)25(29)18-31-23-15-9-10-19(2)16-23/h5-6,9-12,15-16,22,24H,4,7-8,13-14,17-18H2,1-3H3,(H,27,30)/t24-/m0/s1. The summed E-state index contributed by atoms with van der Waals surface area (Å²) in [7, 11) is 0. The summed E-state index contributed by atoms with van der Waals surface area (Å²) in [6.07, 6.45) is 4.89. The molecule has 5 heteroatoms. The molecule has 1 fully saturated rings. The van der Waals surface area contributed by atoms with Crippen LogP contribution in [0.3, 0.4) is 0 Å². The minimum atomic E-state index is -0.520. The van der Waals surface area contributed by atoms with Gasteiger partial charge in [0.2, 0.25) is 5.91 Å². The van der Waals surface area contributed by atoms with Crippen molar-refractivity contribution >= 4 is 11.8 Å². The second-order valence-electron chi connectivity index (χ2n) is 8.47. The third-order valence-corrected chi connectivity index (χ3v) is 6.04. The van der Waals surface area contributed by atoms with Crippen LogP contribution >= 0.6 is 0 Å². The van der Waals surface area contributed by atoms with E-state index >= 15 is 0 Å². The average molecular weight is 423 g/mol. The molecule has 0 aromatic heterocycles. The van der Waals surface area contributed by atoms with Gasteiger partial charge in [0.15, 0.2) is 6.61 Å². The van der Waals surface area contributed by atoms with Gasteiger partial charge in [0, 0.05) is 12.6 Å². The highest BCUT2D eigenvalue weighted by Gasteiger charge is 2.31. The van der Waals surface area contributed by atoms with Crippen molar-refractivity contribution in [3.05, 3.63) is 65.2 Å². The van der Waals surface area contributed by atoms with Crippen LogP contribution < -0.4 is 10.1 Å². The SMILES string of the molecule is CC[C@@H](C(=O)NC1CCCC1)N(Cc1ccccc1C)C(=O)COc1cccc(C)c1. The lowest BCUT2D eigenvalue weighted by atomic mass is 10.1. The van der Waals surface area contributed by atoms with Crippen molar-refractivity contribution in [3.63, 3.8) is 0 Å². The Morgan fingerprint density at radius 3 is 2.52 bits per heavy atom. The zero-order chi connectivity index (χ0) is 22.2. The Labute approximate surface area is 185 Å². The zero-order valence-electron chi connectivity index (χ0n) is 18.9. The Morgan fingerprint density at radius 2 is 1.84 bits per heavy atom. The predicted molar refractivity (Wildman–Crippen MR) is 123 cm³/mol. The largest absolute Gasteiger partial charge is 0.484 e. The van der Waals surface area contributed by atoms with E-state index < -0.39 is 6.04 Å². The average Bonchev–Trinajstić information content (AvgIpc) is 3.26. The summed E-state index contributed by atoms with van der Waals surface area (Å²) in [4.78, 5) is 28.1. The van der Waals surface area contributed by atoms with Crippen LogP contribution in [0.25, 0.3) is 0 Å². The molecule has 31 heavy (non-hydrogen) atoms. The Morgan fingerprint density at radius 1 is 1.10 bits per heavy atom. The number of benzene rings is 2. The summed E-state index contributed by atoms with van der Waals surface area (Å²) in [5, 5.41) is 3.17. The molecule has 0 saturated heterocycles. The third kappa shape index (κ3) is 6.33. The summed E-state index contributed by atoms with van der Waals surface area (Å²) in [6.45, 7) is 6.26. The second-order valence-corrected chi connectivity index (χ2v) is 8.47. The lowest BCUT2D eigenvalue weighted by Crippen LogP contribution is -2.52. The van der Waals surface area contributed by atoms with E-state index in [-0.39, 0.29) is 24.5 Å². The number of nitrogens with one attached hydrogen (secondary N) is 1. The number of carbonyl (C=O) groups is 2. The molecule has 0 unspecified atom stereocenters. The van der Waals surface area contributed by atoms with Crippen molar-refractivity contribution in [2.75, 3.05) is 6.61 Å². The van der Waals surface area contributed by atoms with Crippen LogP contribution in [0.1, 0.15) is 55.7 Å². The van der Waals surface area contributed by atoms with E-state index in [0.717, 1.165) is 42.4 Å². The summed E-state index contributed by atoms with van der Waals surface area (Å²) < 4.78 is 5.78. The van der Waals surface area contributed by atoms with E-state index in [1.54, 1.807) is 4.90 Å². The molecular formula is C26H34N2O3. The Balaban J connectivity index is 1.77. The van der Waals surface area contributed by atoms with E-state index in [0.29, 0.717) is 18.7 Å². The highest BCUT2D eigenvalue weighted by Crippen LogP contribution is 2.20.